The summed E-state index contributed by atoms with van der Waals surface area (Å²) in [5, 5.41) is 0. The van der Waals surface area contributed by atoms with Crippen molar-refractivity contribution in [1.82, 2.24) is 0 Å². The molecule has 6 nitrogen and oxygen atoms in total. The number of ether oxygens (including phenoxy) is 3. The molecule has 0 aromatic carbocycles. The highest BCUT2D eigenvalue weighted by Crippen LogP contribution is 2.50. The van der Waals surface area contributed by atoms with Gasteiger partial charge in [-0.25, -0.2) is 4.79 Å². The number of ketones is 1. The highest BCUT2D eigenvalue weighted by atomic mass is 16.7. The third-order valence-electron chi connectivity index (χ3n) is 3.99. The molecule has 0 bridgehead atoms. The summed E-state index contributed by atoms with van der Waals surface area (Å²) >= 11 is 0. The van der Waals surface area contributed by atoms with Crippen LogP contribution in [0.1, 0.15) is 46.0 Å². The van der Waals surface area contributed by atoms with E-state index in [2.05, 4.69) is 0 Å². The van der Waals surface area contributed by atoms with Crippen molar-refractivity contribution in [2.75, 3.05) is 13.2 Å². The van der Waals surface area contributed by atoms with Crippen LogP contribution in [0.15, 0.2) is 0 Å². The second kappa shape index (κ2) is 5.52. The van der Waals surface area contributed by atoms with Crippen LogP contribution < -0.4 is 0 Å². The van der Waals surface area contributed by atoms with Crippen LogP contribution in [-0.4, -0.2) is 36.7 Å². The van der Waals surface area contributed by atoms with Gasteiger partial charge in [-0.05, 0) is 26.7 Å². The van der Waals surface area contributed by atoms with Crippen LogP contribution in [0.25, 0.3) is 0 Å². The van der Waals surface area contributed by atoms with Gasteiger partial charge in [0.05, 0.1) is 12.0 Å². The third-order valence-corrected chi connectivity index (χ3v) is 3.99. The predicted octanol–water partition coefficient (Wildman–Crippen LogP) is 1.36. The lowest BCUT2D eigenvalue weighted by atomic mass is 9.71. The second-order valence-corrected chi connectivity index (χ2v) is 5.29. The Morgan fingerprint density at radius 2 is 1.85 bits per heavy atom. The monoisotopic (exact) mass is 284 g/mol. The number of hydrogen-bond acceptors (Lipinski definition) is 6. The fraction of sp³-hybridized carbons (Fsp3) is 0.786. The third kappa shape index (κ3) is 2.44. The number of carbonyl (C=O) groups is 3. The first kappa shape index (κ1) is 15.0. The Morgan fingerprint density at radius 3 is 2.40 bits per heavy atom. The minimum atomic E-state index is -1.64. The van der Waals surface area contributed by atoms with Gasteiger partial charge in [0.2, 0.25) is 0 Å². The van der Waals surface area contributed by atoms with E-state index in [0.29, 0.717) is 25.7 Å². The Kier molecular flexibility index (Phi) is 4.13. The quantitative estimate of drug-likeness (QED) is 0.725. The number of cyclic esters (lactones) is 1. The summed E-state index contributed by atoms with van der Waals surface area (Å²) in [6.07, 6.45) is 1.66. The van der Waals surface area contributed by atoms with E-state index in [1.807, 2.05) is 0 Å². The molecular weight excluding hydrogens is 264 g/mol. The van der Waals surface area contributed by atoms with Crippen molar-refractivity contribution < 1.29 is 28.6 Å². The predicted molar refractivity (Wildman–Crippen MR) is 67.6 cm³/mol. The zero-order chi connectivity index (χ0) is 14.8. The maximum Gasteiger partial charge on any atom is 0.379 e. The molecule has 2 fully saturated rings. The van der Waals surface area contributed by atoms with Crippen molar-refractivity contribution >= 4 is 17.7 Å². The second-order valence-electron chi connectivity index (χ2n) is 5.29. The Hall–Kier alpha value is -1.43. The number of carbonyl (C=O) groups excluding carboxylic acids is 3. The van der Waals surface area contributed by atoms with Crippen LogP contribution in [-0.2, 0) is 28.6 Å². The molecule has 0 N–H and O–H groups in total. The zero-order valence-corrected chi connectivity index (χ0v) is 11.9. The van der Waals surface area contributed by atoms with Crippen molar-refractivity contribution in [2.24, 2.45) is 5.41 Å². The highest BCUT2D eigenvalue weighted by molar-refractivity contribution is 5.91. The lowest BCUT2D eigenvalue weighted by Crippen LogP contribution is -2.43. The molecule has 1 saturated heterocycles. The van der Waals surface area contributed by atoms with E-state index in [9.17, 15) is 14.4 Å². The van der Waals surface area contributed by atoms with E-state index in [-0.39, 0.29) is 25.4 Å². The molecule has 0 aromatic rings. The van der Waals surface area contributed by atoms with Gasteiger partial charge in [-0.3, -0.25) is 9.59 Å². The minimum Gasteiger partial charge on any atom is -0.461 e. The maximum absolute atomic E-state index is 12.2. The summed E-state index contributed by atoms with van der Waals surface area (Å²) in [5.74, 6) is -2.61. The Labute approximate surface area is 117 Å². The van der Waals surface area contributed by atoms with E-state index in [1.54, 1.807) is 13.8 Å². The van der Waals surface area contributed by atoms with Gasteiger partial charge in [0, 0.05) is 25.9 Å². The fourth-order valence-corrected chi connectivity index (χ4v) is 2.93. The highest BCUT2D eigenvalue weighted by Gasteiger charge is 2.62. The smallest absolute Gasteiger partial charge is 0.379 e. The van der Waals surface area contributed by atoms with E-state index in [4.69, 9.17) is 14.2 Å². The summed E-state index contributed by atoms with van der Waals surface area (Å²) in [6.45, 7) is 3.84. The summed E-state index contributed by atoms with van der Waals surface area (Å²) in [5.41, 5.74) is -0.782. The summed E-state index contributed by atoms with van der Waals surface area (Å²) < 4.78 is 15.7. The molecule has 1 aliphatic heterocycles. The molecule has 20 heavy (non-hydrogen) atoms. The van der Waals surface area contributed by atoms with Crippen LogP contribution in [0, 0.1) is 5.41 Å². The molecule has 0 aromatic heterocycles. The molecule has 2 rings (SSSR count). The first-order chi connectivity index (χ1) is 9.48. The topological polar surface area (TPSA) is 78.9 Å². The molecular formula is C14H20O6. The standard InChI is InChI=1S/C14H20O6/c1-3-18-12(17)14(19-4-2)9-13(11(16)20-14)7-5-10(15)6-8-13/h3-9H2,1-2H3. The number of Topliss-reactive ketones (excluding diaryl/α,β-unsaturated/α-hetero) is 1. The summed E-state index contributed by atoms with van der Waals surface area (Å²) in [4.78, 5) is 35.7. The SMILES string of the molecule is CCOC(=O)C1(OCC)CC2(CCC(=O)CC2)C(=O)O1. The molecule has 6 heteroatoms. The van der Waals surface area contributed by atoms with Crippen LogP contribution in [0.5, 0.6) is 0 Å². The van der Waals surface area contributed by atoms with Gasteiger partial charge >= 0.3 is 17.7 Å². The Balaban J connectivity index is 2.22. The van der Waals surface area contributed by atoms with Gasteiger partial charge in [0.25, 0.3) is 0 Å². The van der Waals surface area contributed by atoms with Gasteiger partial charge in [-0.2, -0.15) is 0 Å². The van der Waals surface area contributed by atoms with Crippen LogP contribution in [0.2, 0.25) is 0 Å². The molecule has 1 saturated carbocycles. The van der Waals surface area contributed by atoms with Crippen LogP contribution in [0.3, 0.4) is 0 Å². The average Bonchev–Trinajstić information content (AvgIpc) is 2.68. The van der Waals surface area contributed by atoms with Gasteiger partial charge in [0.15, 0.2) is 0 Å². The zero-order valence-electron chi connectivity index (χ0n) is 11.9. The van der Waals surface area contributed by atoms with Gasteiger partial charge in [-0.1, -0.05) is 0 Å². The minimum absolute atomic E-state index is 0.138. The lowest BCUT2D eigenvalue weighted by molar-refractivity contribution is -0.229. The lowest BCUT2D eigenvalue weighted by Gasteiger charge is -2.29. The van der Waals surface area contributed by atoms with Gasteiger partial charge in [0.1, 0.15) is 5.78 Å². The van der Waals surface area contributed by atoms with Crippen molar-refractivity contribution in [3.05, 3.63) is 0 Å². The fourth-order valence-electron chi connectivity index (χ4n) is 2.93. The number of rotatable bonds is 4. The molecule has 1 spiro atoms. The summed E-state index contributed by atoms with van der Waals surface area (Å²) in [7, 11) is 0. The Bertz CT molecular complexity index is 419. The largest absolute Gasteiger partial charge is 0.461 e. The molecule has 1 unspecified atom stereocenters. The van der Waals surface area contributed by atoms with E-state index in [0.717, 1.165) is 0 Å². The van der Waals surface area contributed by atoms with Crippen LogP contribution in [0.4, 0.5) is 0 Å². The molecule has 0 amide bonds. The van der Waals surface area contributed by atoms with Crippen LogP contribution >= 0.6 is 0 Å². The Morgan fingerprint density at radius 1 is 1.20 bits per heavy atom. The van der Waals surface area contributed by atoms with Gasteiger partial charge in [-0.15, -0.1) is 0 Å². The molecule has 0 radical (unpaired) electrons. The normalized spacial score (nSPS) is 28.5. The molecule has 1 aliphatic carbocycles. The number of hydrogen-bond donors (Lipinski definition) is 0. The molecule has 112 valence electrons. The van der Waals surface area contributed by atoms with E-state index in [1.165, 1.54) is 0 Å². The molecule has 1 heterocycles. The maximum atomic E-state index is 12.2. The van der Waals surface area contributed by atoms with Crippen molar-refractivity contribution in [3.8, 4) is 0 Å². The summed E-state index contributed by atoms with van der Waals surface area (Å²) in [6, 6.07) is 0. The van der Waals surface area contributed by atoms with Gasteiger partial charge < -0.3 is 14.2 Å². The first-order valence-corrected chi connectivity index (χ1v) is 7.04. The first-order valence-electron chi connectivity index (χ1n) is 7.04. The van der Waals surface area contributed by atoms with Crippen molar-refractivity contribution in [3.63, 3.8) is 0 Å². The van der Waals surface area contributed by atoms with E-state index < -0.39 is 23.1 Å². The molecule has 2 aliphatic rings. The van der Waals surface area contributed by atoms with Crippen molar-refractivity contribution in [2.45, 2.75) is 51.7 Å². The van der Waals surface area contributed by atoms with E-state index >= 15 is 0 Å². The van der Waals surface area contributed by atoms with Crippen molar-refractivity contribution in [1.29, 1.82) is 0 Å². The average molecular weight is 284 g/mol. The number of esters is 2. The molecule has 1 atom stereocenters.